The lowest BCUT2D eigenvalue weighted by molar-refractivity contribution is 0.0697. The zero-order valence-corrected chi connectivity index (χ0v) is 10.5. The fourth-order valence-corrected chi connectivity index (χ4v) is 1.50. The molecule has 0 fully saturated rings. The van der Waals surface area contributed by atoms with Gasteiger partial charge in [-0.25, -0.2) is 4.79 Å². The van der Waals surface area contributed by atoms with Crippen molar-refractivity contribution in [2.75, 3.05) is 0 Å². The minimum atomic E-state index is -0.967. The van der Waals surface area contributed by atoms with E-state index in [2.05, 4.69) is 10.2 Å². The van der Waals surface area contributed by atoms with Crippen molar-refractivity contribution >= 4 is 18.4 Å². The van der Waals surface area contributed by atoms with Gasteiger partial charge in [-0.1, -0.05) is 24.3 Å². The highest BCUT2D eigenvalue weighted by Gasteiger charge is 2.00. The number of hydrogen-bond acceptors (Lipinski definition) is 4. The first-order chi connectivity index (χ1) is 9.66. The summed E-state index contributed by atoms with van der Waals surface area (Å²) in [4.78, 5) is 10.7. The molecule has 0 saturated carbocycles. The van der Waals surface area contributed by atoms with E-state index in [0.29, 0.717) is 5.56 Å². The molecule has 0 aliphatic rings. The Bertz CT molecular complexity index is 661. The Balaban J connectivity index is 2.03. The van der Waals surface area contributed by atoms with E-state index in [4.69, 9.17) is 5.11 Å². The maximum atomic E-state index is 10.7. The van der Waals surface area contributed by atoms with Crippen molar-refractivity contribution in [3.63, 3.8) is 0 Å². The zero-order valence-electron chi connectivity index (χ0n) is 10.5. The molecule has 0 aliphatic carbocycles. The lowest BCUT2D eigenvalue weighted by Gasteiger charge is -1.95. The van der Waals surface area contributed by atoms with Crippen LogP contribution in [0.3, 0.4) is 0 Å². The Morgan fingerprint density at radius 2 is 1.60 bits per heavy atom. The van der Waals surface area contributed by atoms with Crippen molar-refractivity contribution in [3.05, 3.63) is 65.2 Å². The highest BCUT2D eigenvalue weighted by molar-refractivity contribution is 5.89. The van der Waals surface area contributed by atoms with Gasteiger partial charge in [0.05, 0.1) is 18.0 Å². The Labute approximate surface area is 115 Å². The number of phenolic OH excluding ortho intramolecular Hbond substituents is 1. The van der Waals surface area contributed by atoms with Gasteiger partial charge in [0.1, 0.15) is 5.75 Å². The number of carboxylic acids is 1. The molecule has 0 heterocycles. The average Bonchev–Trinajstić information content (AvgIpc) is 2.46. The van der Waals surface area contributed by atoms with Crippen molar-refractivity contribution in [1.82, 2.24) is 0 Å². The molecular formula is C15H12N2O3. The van der Waals surface area contributed by atoms with E-state index in [9.17, 15) is 9.90 Å². The first kappa shape index (κ1) is 13.5. The van der Waals surface area contributed by atoms with Gasteiger partial charge < -0.3 is 10.2 Å². The van der Waals surface area contributed by atoms with Gasteiger partial charge >= 0.3 is 5.97 Å². The predicted molar refractivity (Wildman–Crippen MR) is 76.7 cm³/mol. The van der Waals surface area contributed by atoms with Crippen LogP contribution in [0.4, 0.5) is 0 Å². The number of nitrogens with zero attached hydrogens (tertiary/aromatic N) is 2. The van der Waals surface area contributed by atoms with Gasteiger partial charge in [-0.15, -0.1) is 0 Å². The second kappa shape index (κ2) is 6.29. The number of rotatable bonds is 4. The zero-order chi connectivity index (χ0) is 14.4. The molecule has 0 radical (unpaired) electrons. The molecule has 2 rings (SSSR count). The fourth-order valence-electron chi connectivity index (χ4n) is 1.50. The smallest absolute Gasteiger partial charge is 0.335 e. The summed E-state index contributed by atoms with van der Waals surface area (Å²) < 4.78 is 0. The van der Waals surface area contributed by atoms with Crippen LogP contribution in [-0.4, -0.2) is 28.6 Å². The van der Waals surface area contributed by atoms with E-state index >= 15 is 0 Å². The number of phenols is 1. The molecule has 0 aromatic heterocycles. The van der Waals surface area contributed by atoms with E-state index in [-0.39, 0.29) is 11.3 Å². The Morgan fingerprint density at radius 1 is 0.950 bits per heavy atom. The number of hydrogen-bond donors (Lipinski definition) is 2. The third-order valence-electron chi connectivity index (χ3n) is 2.56. The topological polar surface area (TPSA) is 82.2 Å². The number of benzene rings is 2. The van der Waals surface area contributed by atoms with Crippen LogP contribution in [-0.2, 0) is 0 Å². The molecule has 0 amide bonds. The van der Waals surface area contributed by atoms with Crippen LogP contribution >= 0.6 is 0 Å². The number of para-hydroxylation sites is 1. The van der Waals surface area contributed by atoms with Gasteiger partial charge in [0, 0.05) is 5.56 Å². The molecule has 5 heteroatoms. The van der Waals surface area contributed by atoms with Crippen LogP contribution in [0.2, 0.25) is 0 Å². The Morgan fingerprint density at radius 3 is 2.25 bits per heavy atom. The van der Waals surface area contributed by atoms with E-state index in [1.54, 1.807) is 36.4 Å². The Hall–Kier alpha value is -2.95. The molecule has 0 unspecified atom stereocenters. The average molecular weight is 268 g/mol. The molecule has 0 bridgehead atoms. The second-order valence-electron chi connectivity index (χ2n) is 3.98. The third-order valence-corrected chi connectivity index (χ3v) is 2.56. The van der Waals surface area contributed by atoms with Crippen LogP contribution in [0.1, 0.15) is 21.5 Å². The summed E-state index contributed by atoms with van der Waals surface area (Å²) in [7, 11) is 0. The predicted octanol–water partition coefficient (Wildman–Crippen LogP) is 2.54. The quantitative estimate of drug-likeness (QED) is 0.660. The highest BCUT2D eigenvalue weighted by Crippen LogP contribution is 2.12. The molecule has 2 N–H and O–H groups in total. The van der Waals surface area contributed by atoms with Gasteiger partial charge in [0.2, 0.25) is 0 Å². The number of carbonyl (C=O) groups is 1. The van der Waals surface area contributed by atoms with Gasteiger partial charge in [-0.2, -0.15) is 10.2 Å². The molecule has 0 saturated heterocycles. The molecule has 0 atom stereocenters. The summed E-state index contributed by atoms with van der Waals surface area (Å²) in [6.07, 6.45) is 2.94. The minimum absolute atomic E-state index is 0.136. The van der Waals surface area contributed by atoms with Gasteiger partial charge in [0.25, 0.3) is 0 Å². The lowest BCUT2D eigenvalue weighted by atomic mass is 10.1. The summed E-state index contributed by atoms with van der Waals surface area (Å²) in [5, 5.41) is 25.9. The van der Waals surface area contributed by atoms with E-state index in [1.165, 1.54) is 24.6 Å². The standard InChI is InChI=1S/C15H12N2O3/c18-14-4-2-1-3-13(14)10-17-16-9-11-5-7-12(8-6-11)15(19)20/h1-10,18H,(H,19,20)/b16-9-,17-10-. The van der Waals surface area contributed by atoms with Gasteiger partial charge in [-0.05, 0) is 29.8 Å². The van der Waals surface area contributed by atoms with E-state index < -0.39 is 5.97 Å². The number of aromatic carboxylic acids is 1. The summed E-state index contributed by atoms with van der Waals surface area (Å²) in [6.45, 7) is 0. The third kappa shape index (κ3) is 3.52. The summed E-state index contributed by atoms with van der Waals surface area (Å²) >= 11 is 0. The van der Waals surface area contributed by atoms with Crippen molar-refractivity contribution in [2.45, 2.75) is 0 Å². The van der Waals surface area contributed by atoms with E-state index in [1.807, 2.05) is 0 Å². The molecule has 2 aromatic rings. The largest absolute Gasteiger partial charge is 0.507 e. The first-order valence-electron chi connectivity index (χ1n) is 5.84. The van der Waals surface area contributed by atoms with Crippen molar-refractivity contribution in [2.24, 2.45) is 10.2 Å². The van der Waals surface area contributed by atoms with Crippen molar-refractivity contribution in [3.8, 4) is 5.75 Å². The van der Waals surface area contributed by atoms with Crippen molar-refractivity contribution < 1.29 is 15.0 Å². The number of carboxylic acid groups (broad SMARTS) is 1. The molecule has 0 spiro atoms. The van der Waals surface area contributed by atoms with Crippen LogP contribution in [0.25, 0.3) is 0 Å². The second-order valence-corrected chi connectivity index (χ2v) is 3.98. The highest BCUT2D eigenvalue weighted by atomic mass is 16.4. The summed E-state index contributed by atoms with van der Waals surface area (Å²) in [5.41, 5.74) is 1.54. The van der Waals surface area contributed by atoms with E-state index in [0.717, 1.165) is 5.56 Å². The summed E-state index contributed by atoms with van der Waals surface area (Å²) in [6, 6.07) is 13.1. The molecular weight excluding hydrogens is 256 g/mol. The molecule has 100 valence electrons. The normalized spacial score (nSPS) is 11.2. The van der Waals surface area contributed by atoms with Gasteiger partial charge in [0.15, 0.2) is 0 Å². The minimum Gasteiger partial charge on any atom is -0.507 e. The van der Waals surface area contributed by atoms with Crippen LogP contribution in [0, 0.1) is 0 Å². The SMILES string of the molecule is O=C(O)c1ccc(/C=N\N=C/c2ccccc2O)cc1. The molecule has 5 nitrogen and oxygen atoms in total. The first-order valence-corrected chi connectivity index (χ1v) is 5.84. The van der Waals surface area contributed by atoms with Crippen LogP contribution < -0.4 is 0 Å². The maximum absolute atomic E-state index is 10.7. The Kier molecular flexibility index (Phi) is 4.24. The van der Waals surface area contributed by atoms with Crippen LogP contribution in [0.5, 0.6) is 5.75 Å². The fraction of sp³-hybridized carbons (Fsp3) is 0. The maximum Gasteiger partial charge on any atom is 0.335 e. The van der Waals surface area contributed by atoms with Gasteiger partial charge in [-0.3, -0.25) is 0 Å². The molecule has 20 heavy (non-hydrogen) atoms. The number of aromatic hydroxyl groups is 1. The summed E-state index contributed by atoms with van der Waals surface area (Å²) in [5.74, 6) is -0.830. The van der Waals surface area contributed by atoms with Crippen molar-refractivity contribution in [1.29, 1.82) is 0 Å². The van der Waals surface area contributed by atoms with Crippen LogP contribution in [0.15, 0.2) is 58.7 Å². The molecule has 2 aromatic carbocycles. The lowest BCUT2D eigenvalue weighted by Crippen LogP contribution is -1.95. The monoisotopic (exact) mass is 268 g/mol. The molecule has 0 aliphatic heterocycles.